The molecule has 2 heterocycles. The summed E-state index contributed by atoms with van der Waals surface area (Å²) in [7, 11) is 2.01. The van der Waals surface area contributed by atoms with Crippen LogP contribution in [0.4, 0.5) is 0 Å². The van der Waals surface area contributed by atoms with E-state index >= 15 is 0 Å². The molecule has 21 heavy (non-hydrogen) atoms. The summed E-state index contributed by atoms with van der Waals surface area (Å²) in [6.07, 6.45) is 3.70. The van der Waals surface area contributed by atoms with Gasteiger partial charge < -0.3 is 10.6 Å². The van der Waals surface area contributed by atoms with Crippen LogP contribution in [0, 0.1) is 12.8 Å². The fourth-order valence-corrected chi connectivity index (χ4v) is 3.65. The number of nitrogens with one attached hydrogen (secondary N) is 2. The Kier molecular flexibility index (Phi) is 6.67. The standard InChI is InChI=1S/C16H27N3OS/c1-13-6-10-21-15(13)11-18-16(20)12-19-8-4-14(5-9-19)3-7-17-2/h6,10,14,17H,3-5,7-9,11-12H2,1-2H3,(H,18,20). The van der Waals surface area contributed by atoms with Crippen LogP contribution in [0.2, 0.25) is 0 Å². The van der Waals surface area contributed by atoms with E-state index in [0.717, 1.165) is 25.6 Å². The highest BCUT2D eigenvalue weighted by atomic mass is 32.1. The Morgan fingerprint density at radius 1 is 1.43 bits per heavy atom. The molecule has 0 spiro atoms. The normalized spacial score (nSPS) is 17.0. The number of hydrogen-bond acceptors (Lipinski definition) is 4. The number of rotatable bonds is 7. The fourth-order valence-electron chi connectivity index (χ4n) is 2.80. The van der Waals surface area contributed by atoms with E-state index in [9.17, 15) is 4.79 Å². The van der Waals surface area contributed by atoms with Crippen LogP contribution in [0.1, 0.15) is 29.7 Å². The molecule has 1 saturated heterocycles. The number of aryl methyl sites for hydroxylation is 1. The first-order chi connectivity index (χ1) is 10.2. The molecule has 5 heteroatoms. The number of carbonyl (C=O) groups excluding carboxylic acids is 1. The average molecular weight is 309 g/mol. The summed E-state index contributed by atoms with van der Waals surface area (Å²) in [6.45, 7) is 6.52. The third kappa shape index (κ3) is 5.41. The van der Waals surface area contributed by atoms with Crippen molar-refractivity contribution in [1.29, 1.82) is 0 Å². The maximum Gasteiger partial charge on any atom is 0.234 e. The van der Waals surface area contributed by atoms with Gasteiger partial charge in [-0.2, -0.15) is 0 Å². The smallest absolute Gasteiger partial charge is 0.234 e. The van der Waals surface area contributed by atoms with Gasteiger partial charge in [0.05, 0.1) is 13.1 Å². The van der Waals surface area contributed by atoms with E-state index in [-0.39, 0.29) is 5.91 Å². The predicted molar refractivity (Wildman–Crippen MR) is 88.6 cm³/mol. The van der Waals surface area contributed by atoms with Gasteiger partial charge in [-0.05, 0) is 75.8 Å². The minimum absolute atomic E-state index is 0.150. The topological polar surface area (TPSA) is 44.4 Å². The summed E-state index contributed by atoms with van der Waals surface area (Å²) in [5.41, 5.74) is 1.27. The minimum atomic E-state index is 0.150. The van der Waals surface area contributed by atoms with E-state index in [0.29, 0.717) is 13.1 Å². The number of amides is 1. The van der Waals surface area contributed by atoms with E-state index in [1.54, 1.807) is 11.3 Å². The number of hydrogen-bond donors (Lipinski definition) is 2. The lowest BCUT2D eigenvalue weighted by molar-refractivity contribution is -0.122. The van der Waals surface area contributed by atoms with Crippen LogP contribution in [0.15, 0.2) is 11.4 Å². The first-order valence-electron chi connectivity index (χ1n) is 7.85. The Balaban J connectivity index is 1.64. The summed E-state index contributed by atoms with van der Waals surface area (Å²) in [5, 5.41) is 8.33. The van der Waals surface area contributed by atoms with Crippen molar-refractivity contribution in [3.63, 3.8) is 0 Å². The molecule has 2 rings (SSSR count). The molecule has 0 atom stereocenters. The third-order valence-corrected chi connectivity index (χ3v) is 5.31. The maximum atomic E-state index is 12.0. The van der Waals surface area contributed by atoms with Gasteiger partial charge in [0, 0.05) is 4.88 Å². The summed E-state index contributed by atoms with van der Waals surface area (Å²) in [6, 6.07) is 2.10. The zero-order chi connectivity index (χ0) is 15.1. The molecule has 0 bridgehead atoms. The fraction of sp³-hybridized carbons (Fsp3) is 0.688. The molecule has 1 amide bonds. The summed E-state index contributed by atoms with van der Waals surface area (Å²) >= 11 is 1.71. The molecule has 1 aliphatic heterocycles. The quantitative estimate of drug-likeness (QED) is 0.810. The lowest BCUT2D eigenvalue weighted by Gasteiger charge is -2.31. The molecule has 4 nitrogen and oxygen atoms in total. The highest BCUT2D eigenvalue weighted by molar-refractivity contribution is 7.10. The van der Waals surface area contributed by atoms with E-state index < -0.39 is 0 Å². The zero-order valence-corrected chi connectivity index (χ0v) is 14.0. The van der Waals surface area contributed by atoms with Gasteiger partial charge in [0.15, 0.2) is 0 Å². The second-order valence-electron chi connectivity index (χ2n) is 5.92. The molecule has 0 aliphatic carbocycles. The average Bonchev–Trinajstić information content (AvgIpc) is 2.90. The second kappa shape index (κ2) is 8.51. The van der Waals surface area contributed by atoms with E-state index in [1.165, 1.54) is 29.7 Å². The number of piperidine rings is 1. The lowest BCUT2D eigenvalue weighted by atomic mass is 9.93. The number of nitrogens with zero attached hydrogens (tertiary/aromatic N) is 1. The number of thiophene rings is 1. The molecule has 2 N–H and O–H groups in total. The molecule has 0 radical (unpaired) electrons. The molecule has 1 aliphatic rings. The highest BCUT2D eigenvalue weighted by Gasteiger charge is 2.20. The van der Waals surface area contributed by atoms with Crippen molar-refractivity contribution in [2.45, 2.75) is 32.7 Å². The Morgan fingerprint density at radius 2 is 2.19 bits per heavy atom. The van der Waals surface area contributed by atoms with Gasteiger partial charge in [0.1, 0.15) is 0 Å². The van der Waals surface area contributed by atoms with Gasteiger partial charge in [0.2, 0.25) is 5.91 Å². The second-order valence-corrected chi connectivity index (χ2v) is 6.92. The monoisotopic (exact) mass is 309 g/mol. The van der Waals surface area contributed by atoms with Crippen LogP contribution in [-0.4, -0.2) is 44.0 Å². The van der Waals surface area contributed by atoms with Gasteiger partial charge in [-0.25, -0.2) is 0 Å². The van der Waals surface area contributed by atoms with Crippen LogP contribution in [0.25, 0.3) is 0 Å². The zero-order valence-electron chi connectivity index (χ0n) is 13.2. The van der Waals surface area contributed by atoms with Crippen LogP contribution in [0.3, 0.4) is 0 Å². The molecule has 0 unspecified atom stereocenters. The van der Waals surface area contributed by atoms with Crippen molar-refractivity contribution in [1.82, 2.24) is 15.5 Å². The van der Waals surface area contributed by atoms with Gasteiger partial charge in [-0.3, -0.25) is 9.69 Å². The van der Waals surface area contributed by atoms with E-state index in [1.807, 2.05) is 7.05 Å². The molecule has 0 saturated carbocycles. The van der Waals surface area contributed by atoms with E-state index in [2.05, 4.69) is 33.9 Å². The van der Waals surface area contributed by atoms with E-state index in [4.69, 9.17) is 0 Å². The molecule has 1 aromatic rings. The van der Waals surface area contributed by atoms with Crippen LogP contribution in [0.5, 0.6) is 0 Å². The molecule has 0 aromatic carbocycles. The van der Waals surface area contributed by atoms with Crippen molar-refractivity contribution < 1.29 is 4.79 Å². The van der Waals surface area contributed by atoms with Gasteiger partial charge in [-0.1, -0.05) is 0 Å². The molecule has 118 valence electrons. The SMILES string of the molecule is CNCCC1CCN(CC(=O)NCc2sccc2C)CC1. The van der Waals surface area contributed by atoms with Crippen molar-refractivity contribution in [2.24, 2.45) is 5.92 Å². The van der Waals surface area contributed by atoms with Gasteiger partial charge in [-0.15, -0.1) is 11.3 Å². The van der Waals surface area contributed by atoms with Gasteiger partial charge >= 0.3 is 0 Å². The van der Waals surface area contributed by atoms with Crippen molar-refractivity contribution in [3.8, 4) is 0 Å². The first-order valence-corrected chi connectivity index (χ1v) is 8.73. The Hall–Kier alpha value is -0.910. The van der Waals surface area contributed by atoms with Crippen LogP contribution >= 0.6 is 11.3 Å². The predicted octanol–water partition coefficient (Wildman–Crippen LogP) is 1.99. The molecule has 1 aromatic heterocycles. The molecule has 1 fully saturated rings. The Morgan fingerprint density at radius 3 is 2.81 bits per heavy atom. The largest absolute Gasteiger partial charge is 0.350 e. The minimum Gasteiger partial charge on any atom is -0.350 e. The van der Waals surface area contributed by atoms with Crippen molar-refractivity contribution >= 4 is 17.2 Å². The van der Waals surface area contributed by atoms with Crippen molar-refractivity contribution in [2.75, 3.05) is 33.2 Å². The summed E-state index contributed by atoms with van der Waals surface area (Å²) < 4.78 is 0. The third-order valence-electron chi connectivity index (χ3n) is 4.29. The maximum absolute atomic E-state index is 12.0. The highest BCUT2D eigenvalue weighted by Crippen LogP contribution is 2.19. The lowest BCUT2D eigenvalue weighted by Crippen LogP contribution is -2.41. The summed E-state index contributed by atoms with van der Waals surface area (Å²) in [5.74, 6) is 0.974. The Bertz CT molecular complexity index is 438. The van der Waals surface area contributed by atoms with Crippen LogP contribution < -0.4 is 10.6 Å². The molecular formula is C16H27N3OS. The van der Waals surface area contributed by atoms with Crippen LogP contribution in [-0.2, 0) is 11.3 Å². The summed E-state index contributed by atoms with van der Waals surface area (Å²) in [4.78, 5) is 15.6. The number of likely N-dealkylation sites (tertiary alicyclic amines) is 1. The van der Waals surface area contributed by atoms with Gasteiger partial charge in [0.25, 0.3) is 0 Å². The first kappa shape index (κ1) is 16.5. The number of carbonyl (C=O) groups is 1. The molecular weight excluding hydrogens is 282 g/mol. The van der Waals surface area contributed by atoms with Crippen molar-refractivity contribution in [3.05, 3.63) is 21.9 Å². The Labute approximate surface area is 131 Å².